The van der Waals surface area contributed by atoms with E-state index in [1.165, 1.54) is 17.0 Å². The van der Waals surface area contributed by atoms with E-state index in [4.69, 9.17) is 9.72 Å². The van der Waals surface area contributed by atoms with Gasteiger partial charge in [-0.25, -0.2) is 4.98 Å². The van der Waals surface area contributed by atoms with Gasteiger partial charge in [-0.15, -0.1) is 11.3 Å². The minimum atomic E-state index is 0.0257. The first-order valence-electron chi connectivity index (χ1n) is 9.86. The van der Waals surface area contributed by atoms with E-state index in [-0.39, 0.29) is 5.56 Å². The van der Waals surface area contributed by atoms with Gasteiger partial charge < -0.3 is 10.1 Å². The van der Waals surface area contributed by atoms with Crippen LogP contribution in [-0.4, -0.2) is 9.38 Å². The van der Waals surface area contributed by atoms with Crippen LogP contribution in [0, 0.1) is 0 Å². The molecule has 2 aromatic heterocycles. The number of aromatic nitrogens is 2. The lowest BCUT2D eigenvalue weighted by Gasteiger charge is -2.10. The molecule has 0 unspecified atom stereocenters. The molecule has 2 heterocycles. The number of hydrogen-bond acceptors (Lipinski definition) is 5. The second-order valence-electron chi connectivity index (χ2n) is 7.18. The average Bonchev–Trinajstić information content (AvgIpc) is 3.13. The molecule has 1 aliphatic rings. The van der Waals surface area contributed by atoms with Gasteiger partial charge in [0.15, 0.2) is 4.96 Å². The third-order valence-corrected chi connectivity index (χ3v) is 6.26. The molecule has 0 radical (unpaired) electrons. The van der Waals surface area contributed by atoms with Crippen molar-refractivity contribution in [2.75, 3.05) is 5.32 Å². The van der Waals surface area contributed by atoms with Crippen LogP contribution in [0.4, 0.5) is 5.69 Å². The Balaban J connectivity index is 1.30. The lowest BCUT2D eigenvalue weighted by molar-refractivity contribution is 0.483. The summed E-state index contributed by atoms with van der Waals surface area (Å²) in [7, 11) is 0. The Bertz CT molecular complexity index is 1200. The third-order valence-electron chi connectivity index (χ3n) is 5.12. The van der Waals surface area contributed by atoms with Crippen LogP contribution >= 0.6 is 11.3 Å². The summed E-state index contributed by atoms with van der Waals surface area (Å²) < 4.78 is 7.62. The number of aryl methyl sites for hydroxylation is 2. The van der Waals surface area contributed by atoms with E-state index in [9.17, 15) is 4.79 Å². The van der Waals surface area contributed by atoms with Crippen molar-refractivity contribution in [3.63, 3.8) is 0 Å². The summed E-state index contributed by atoms with van der Waals surface area (Å²) >= 11 is 1.66. The van der Waals surface area contributed by atoms with E-state index in [0.717, 1.165) is 47.1 Å². The van der Waals surface area contributed by atoms with E-state index in [1.807, 2.05) is 54.6 Å². The number of benzene rings is 2. The second kappa shape index (κ2) is 7.72. The number of fused-ring (bicyclic) bond motifs is 3. The molecule has 0 saturated heterocycles. The fraction of sp³-hybridized carbons (Fsp3) is 0.217. The first kappa shape index (κ1) is 17.9. The number of hydrogen-bond donors (Lipinski definition) is 1. The standard InChI is InChI=1S/C23H21N3O2S/c27-22-14-17(25-23-26(22)20-8-4-5-9-21(20)29-23)15-24-16-10-12-19(13-11-16)28-18-6-2-1-3-7-18/h1-3,6-7,10-14,24H,4-5,8-9,15H2. The molecule has 0 atom stereocenters. The maximum absolute atomic E-state index is 12.6. The number of nitrogens with one attached hydrogen (secondary N) is 1. The van der Waals surface area contributed by atoms with Crippen LogP contribution in [0.1, 0.15) is 29.1 Å². The molecule has 4 aromatic rings. The fourth-order valence-corrected chi connectivity index (χ4v) is 4.92. The van der Waals surface area contributed by atoms with Gasteiger partial charge in [0.1, 0.15) is 11.5 Å². The average molecular weight is 404 g/mol. The quantitative estimate of drug-likeness (QED) is 0.507. The van der Waals surface area contributed by atoms with Gasteiger partial charge in [-0.05, 0) is 62.1 Å². The molecular weight excluding hydrogens is 382 g/mol. The zero-order chi connectivity index (χ0) is 19.6. The van der Waals surface area contributed by atoms with Gasteiger partial charge in [0.05, 0.1) is 12.2 Å². The summed E-state index contributed by atoms with van der Waals surface area (Å²) in [6, 6.07) is 19.1. The van der Waals surface area contributed by atoms with E-state index < -0.39 is 0 Å². The Morgan fingerprint density at radius 1 is 1.00 bits per heavy atom. The van der Waals surface area contributed by atoms with E-state index in [0.29, 0.717) is 6.54 Å². The summed E-state index contributed by atoms with van der Waals surface area (Å²) in [6.07, 6.45) is 4.39. The highest BCUT2D eigenvalue weighted by Gasteiger charge is 2.18. The van der Waals surface area contributed by atoms with Gasteiger partial charge in [-0.3, -0.25) is 9.20 Å². The Morgan fingerprint density at radius 3 is 2.59 bits per heavy atom. The fourth-order valence-electron chi connectivity index (χ4n) is 3.69. The van der Waals surface area contributed by atoms with Gasteiger partial charge in [0.25, 0.3) is 5.56 Å². The summed E-state index contributed by atoms with van der Waals surface area (Å²) in [5.41, 5.74) is 2.91. The maximum atomic E-state index is 12.6. The van der Waals surface area contributed by atoms with Crippen molar-refractivity contribution in [3.05, 3.63) is 87.3 Å². The number of ether oxygens (including phenoxy) is 1. The van der Waals surface area contributed by atoms with Gasteiger partial charge in [0.2, 0.25) is 0 Å². The van der Waals surface area contributed by atoms with Crippen LogP contribution in [-0.2, 0) is 19.4 Å². The van der Waals surface area contributed by atoms with Crippen molar-refractivity contribution >= 4 is 22.0 Å². The predicted molar refractivity (Wildman–Crippen MR) is 116 cm³/mol. The summed E-state index contributed by atoms with van der Waals surface area (Å²) in [6.45, 7) is 0.507. The van der Waals surface area contributed by atoms with Gasteiger partial charge in [-0.1, -0.05) is 18.2 Å². The van der Waals surface area contributed by atoms with Crippen molar-refractivity contribution < 1.29 is 4.74 Å². The lowest BCUT2D eigenvalue weighted by Crippen LogP contribution is -2.18. The Hall–Kier alpha value is -3.12. The van der Waals surface area contributed by atoms with Gasteiger partial charge in [-0.2, -0.15) is 0 Å². The molecule has 146 valence electrons. The molecule has 0 aliphatic heterocycles. The molecule has 0 amide bonds. The molecule has 6 heteroatoms. The number of rotatable bonds is 5. The van der Waals surface area contributed by atoms with Crippen LogP contribution in [0.15, 0.2) is 65.5 Å². The monoisotopic (exact) mass is 403 g/mol. The molecule has 0 spiro atoms. The molecule has 2 aromatic carbocycles. The Kier molecular flexibility index (Phi) is 4.77. The lowest BCUT2D eigenvalue weighted by atomic mass is 10.0. The molecule has 1 aliphatic carbocycles. The molecule has 0 fully saturated rings. The van der Waals surface area contributed by atoms with Crippen molar-refractivity contribution in [2.45, 2.75) is 32.2 Å². The van der Waals surface area contributed by atoms with Crippen LogP contribution in [0.2, 0.25) is 0 Å². The normalized spacial score (nSPS) is 13.2. The minimum Gasteiger partial charge on any atom is -0.457 e. The molecule has 1 N–H and O–H groups in total. The third kappa shape index (κ3) is 3.76. The minimum absolute atomic E-state index is 0.0257. The highest BCUT2D eigenvalue weighted by atomic mass is 32.1. The van der Waals surface area contributed by atoms with Gasteiger partial charge in [0, 0.05) is 22.3 Å². The number of thiazole rings is 1. The van der Waals surface area contributed by atoms with Crippen LogP contribution < -0.4 is 15.6 Å². The van der Waals surface area contributed by atoms with Crippen LogP contribution in [0.25, 0.3) is 4.96 Å². The molecule has 5 nitrogen and oxygen atoms in total. The Morgan fingerprint density at radius 2 is 1.76 bits per heavy atom. The predicted octanol–water partition coefficient (Wildman–Crippen LogP) is 5.04. The van der Waals surface area contributed by atoms with Crippen molar-refractivity contribution in [3.8, 4) is 11.5 Å². The second-order valence-corrected chi connectivity index (χ2v) is 8.24. The largest absolute Gasteiger partial charge is 0.457 e. The smallest absolute Gasteiger partial charge is 0.259 e. The summed E-state index contributed by atoms with van der Waals surface area (Å²) in [4.78, 5) is 19.5. The van der Waals surface area contributed by atoms with E-state index in [1.54, 1.807) is 21.8 Å². The Labute approximate surface area is 172 Å². The first-order chi connectivity index (χ1) is 14.3. The molecular formula is C23H21N3O2S. The maximum Gasteiger partial charge on any atom is 0.259 e. The van der Waals surface area contributed by atoms with Crippen LogP contribution in [0.3, 0.4) is 0 Å². The molecule has 0 saturated carbocycles. The zero-order valence-electron chi connectivity index (χ0n) is 15.9. The van der Waals surface area contributed by atoms with Crippen LogP contribution in [0.5, 0.6) is 11.5 Å². The topological polar surface area (TPSA) is 55.6 Å². The zero-order valence-corrected chi connectivity index (χ0v) is 16.7. The molecule has 0 bridgehead atoms. The summed E-state index contributed by atoms with van der Waals surface area (Å²) in [5, 5.41) is 3.34. The van der Waals surface area contributed by atoms with Gasteiger partial charge >= 0.3 is 0 Å². The summed E-state index contributed by atoms with van der Waals surface area (Å²) in [5.74, 6) is 1.59. The highest BCUT2D eigenvalue weighted by Crippen LogP contribution is 2.28. The van der Waals surface area contributed by atoms with E-state index in [2.05, 4.69) is 5.32 Å². The molecule has 5 rings (SSSR count). The molecule has 29 heavy (non-hydrogen) atoms. The number of nitrogens with zero attached hydrogens (tertiary/aromatic N) is 2. The first-order valence-corrected chi connectivity index (χ1v) is 10.7. The number of para-hydroxylation sites is 1. The van der Waals surface area contributed by atoms with Crippen molar-refractivity contribution in [1.82, 2.24) is 9.38 Å². The highest BCUT2D eigenvalue weighted by molar-refractivity contribution is 7.17. The van der Waals surface area contributed by atoms with Crippen molar-refractivity contribution in [2.24, 2.45) is 0 Å². The number of anilines is 1. The SMILES string of the molecule is O=c1cc(CNc2ccc(Oc3ccccc3)cc2)nc2sc3c(n12)CCCC3. The van der Waals surface area contributed by atoms with Crippen molar-refractivity contribution in [1.29, 1.82) is 0 Å². The van der Waals surface area contributed by atoms with E-state index >= 15 is 0 Å².